The lowest BCUT2D eigenvalue weighted by Crippen LogP contribution is -2.43. The highest BCUT2D eigenvalue weighted by atomic mass is 16.6. The maximum atomic E-state index is 12.2. The molecule has 2 aromatic rings. The number of hydrogen-bond acceptors (Lipinski definition) is 5. The topological polar surface area (TPSA) is 85.6 Å². The molecule has 2 heterocycles. The van der Waals surface area contributed by atoms with Crippen molar-refractivity contribution in [2.24, 2.45) is 7.05 Å². The van der Waals surface area contributed by atoms with E-state index in [0.717, 1.165) is 11.3 Å². The van der Waals surface area contributed by atoms with E-state index in [-0.39, 0.29) is 18.3 Å². The number of ether oxygens (including phenoxy) is 2. The zero-order valence-electron chi connectivity index (χ0n) is 12.4. The molecule has 1 amide bonds. The zero-order valence-corrected chi connectivity index (χ0v) is 12.4. The van der Waals surface area contributed by atoms with Crippen molar-refractivity contribution in [2.75, 3.05) is 6.61 Å². The second-order valence-electron chi connectivity index (χ2n) is 5.15. The molecule has 0 fully saturated rings. The molecule has 0 radical (unpaired) electrons. The van der Waals surface area contributed by atoms with E-state index in [1.807, 2.05) is 14.0 Å². The second-order valence-corrected chi connectivity index (χ2v) is 5.15. The molecule has 0 spiro atoms. The minimum absolute atomic E-state index is 0.0643. The zero-order chi connectivity index (χ0) is 15.7. The molecule has 3 rings (SSSR count). The van der Waals surface area contributed by atoms with Gasteiger partial charge < -0.3 is 19.9 Å². The Hall–Kier alpha value is -2.70. The number of aromatic hydroxyl groups is 1. The molecule has 2 N–H and O–H groups in total. The minimum atomic E-state index is -0.744. The molecule has 1 aromatic heterocycles. The molecule has 0 saturated carbocycles. The van der Waals surface area contributed by atoms with Gasteiger partial charge in [-0.1, -0.05) is 0 Å². The summed E-state index contributed by atoms with van der Waals surface area (Å²) >= 11 is 0. The van der Waals surface area contributed by atoms with Gasteiger partial charge >= 0.3 is 0 Å². The standard InChI is InChI=1S/C15H17N3O4/c1-9-10(7-17-18(9)2)6-16-15(20)14-8-21-12-4-3-11(19)5-13(12)22-14/h3-5,7,14,19H,6,8H2,1-2H3,(H,16,20). The van der Waals surface area contributed by atoms with E-state index in [9.17, 15) is 9.90 Å². The van der Waals surface area contributed by atoms with Crippen LogP contribution in [-0.4, -0.2) is 33.5 Å². The first kappa shape index (κ1) is 14.2. The Morgan fingerprint density at radius 2 is 2.32 bits per heavy atom. The van der Waals surface area contributed by atoms with Crippen molar-refractivity contribution in [2.45, 2.75) is 19.6 Å². The summed E-state index contributed by atoms with van der Waals surface area (Å²) in [6.07, 6.45) is 0.979. The SMILES string of the molecule is Cc1c(CNC(=O)C2COc3ccc(O)cc3O2)cnn1C. The Kier molecular flexibility index (Phi) is 3.62. The van der Waals surface area contributed by atoms with Gasteiger partial charge in [-0.15, -0.1) is 0 Å². The molecule has 0 saturated heterocycles. The first-order chi connectivity index (χ1) is 10.5. The summed E-state index contributed by atoms with van der Waals surface area (Å²) in [5.41, 5.74) is 1.95. The first-order valence-electron chi connectivity index (χ1n) is 6.92. The molecule has 0 bridgehead atoms. The van der Waals surface area contributed by atoms with E-state index in [0.29, 0.717) is 18.0 Å². The second kappa shape index (κ2) is 5.59. The van der Waals surface area contributed by atoms with Crippen molar-refractivity contribution in [3.05, 3.63) is 35.7 Å². The number of aromatic nitrogens is 2. The van der Waals surface area contributed by atoms with E-state index in [1.165, 1.54) is 12.1 Å². The van der Waals surface area contributed by atoms with Crippen LogP contribution in [0.1, 0.15) is 11.3 Å². The van der Waals surface area contributed by atoms with Crippen molar-refractivity contribution in [1.82, 2.24) is 15.1 Å². The van der Waals surface area contributed by atoms with E-state index >= 15 is 0 Å². The number of carbonyl (C=O) groups excluding carboxylic acids is 1. The highest BCUT2D eigenvalue weighted by molar-refractivity contribution is 5.81. The Morgan fingerprint density at radius 3 is 3.05 bits per heavy atom. The van der Waals surface area contributed by atoms with E-state index in [2.05, 4.69) is 10.4 Å². The first-order valence-corrected chi connectivity index (χ1v) is 6.92. The summed E-state index contributed by atoms with van der Waals surface area (Å²) in [6.45, 7) is 2.45. The smallest absolute Gasteiger partial charge is 0.264 e. The highest BCUT2D eigenvalue weighted by Gasteiger charge is 2.27. The van der Waals surface area contributed by atoms with Crippen molar-refractivity contribution < 1.29 is 19.4 Å². The number of amides is 1. The molecule has 22 heavy (non-hydrogen) atoms. The largest absolute Gasteiger partial charge is 0.508 e. The molecule has 116 valence electrons. The number of phenols is 1. The number of fused-ring (bicyclic) bond motifs is 1. The van der Waals surface area contributed by atoms with E-state index < -0.39 is 6.10 Å². The van der Waals surface area contributed by atoms with Crippen LogP contribution in [-0.2, 0) is 18.4 Å². The third-order valence-corrected chi connectivity index (χ3v) is 3.67. The van der Waals surface area contributed by atoms with Gasteiger partial charge in [0.05, 0.1) is 6.20 Å². The molecule has 7 heteroatoms. The van der Waals surface area contributed by atoms with Crippen molar-refractivity contribution in [3.63, 3.8) is 0 Å². The Balaban J connectivity index is 1.63. The number of hydrogen-bond donors (Lipinski definition) is 2. The maximum Gasteiger partial charge on any atom is 0.264 e. The van der Waals surface area contributed by atoms with Crippen molar-refractivity contribution in [3.8, 4) is 17.2 Å². The van der Waals surface area contributed by atoms with E-state index in [1.54, 1.807) is 16.9 Å². The number of benzene rings is 1. The van der Waals surface area contributed by atoms with Gasteiger partial charge in [-0.3, -0.25) is 9.48 Å². The summed E-state index contributed by atoms with van der Waals surface area (Å²) in [7, 11) is 1.85. The van der Waals surface area contributed by atoms with Gasteiger partial charge in [-0.2, -0.15) is 5.10 Å². The van der Waals surface area contributed by atoms with E-state index in [4.69, 9.17) is 9.47 Å². The Morgan fingerprint density at radius 1 is 1.50 bits per heavy atom. The molecule has 1 aliphatic heterocycles. The quantitative estimate of drug-likeness (QED) is 0.879. The molecule has 1 unspecified atom stereocenters. The summed E-state index contributed by atoms with van der Waals surface area (Å²) in [6, 6.07) is 4.55. The molecule has 1 aromatic carbocycles. The maximum absolute atomic E-state index is 12.2. The predicted octanol–water partition coefficient (Wildman–Crippen LogP) is 0.890. The fraction of sp³-hybridized carbons (Fsp3) is 0.333. The normalized spacial score (nSPS) is 16.4. The monoisotopic (exact) mass is 303 g/mol. The van der Waals surface area contributed by atoms with Crippen LogP contribution in [0.15, 0.2) is 24.4 Å². The molecular weight excluding hydrogens is 286 g/mol. The molecule has 1 aliphatic rings. The van der Waals surface area contributed by atoms with Gasteiger partial charge in [0.1, 0.15) is 12.4 Å². The average Bonchev–Trinajstić information content (AvgIpc) is 2.83. The predicted molar refractivity (Wildman–Crippen MR) is 77.8 cm³/mol. The Bertz CT molecular complexity index is 711. The van der Waals surface area contributed by atoms with Gasteiger partial charge in [0.2, 0.25) is 6.10 Å². The number of nitrogens with one attached hydrogen (secondary N) is 1. The van der Waals surface area contributed by atoms with Crippen molar-refractivity contribution >= 4 is 5.91 Å². The Labute approximate surface area is 127 Å². The number of nitrogens with zero attached hydrogens (tertiary/aromatic N) is 2. The molecule has 7 nitrogen and oxygen atoms in total. The average molecular weight is 303 g/mol. The number of rotatable bonds is 3. The van der Waals surface area contributed by atoms with Crippen LogP contribution in [0, 0.1) is 6.92 Å². The minimum Gasteiger partial charge on any atom is -0.508 e. The fourth-order valence-electron chi connectivity index (χ4n) is 2.20. The summed E-state index contributed by atoms with van der Waals surface area (Å²) in [5, 5.41) is 16.4. The van der Waals surface area contributed by atoms with Crippen molar-refractivity contribution in [1.29, 1.82) is 0 Å². The third kappa shape index (κ3) is 2.69. The highest BCUT2D eigenvalue weighted by Crippen LogP contribution is 2.34. The number of carbonyl (C=O) groups is 1. The lowest BCUT2D eigenvalue weighted by molar-refractivity contribution is -0.130. The summed E-state index contributed by atoms with van der Waals surface area (Å²) < 4.78 is 12.8. The van der Waals surface area contributed by atoms with Gasteiger partial charge in [-0.05, 0) is 19.1 Å². The van der Waals surface area contributed by atoms with Crippen LogP contribution in [0.5, 0.6) is 17.2 Å². The lowest BCUT2D eigenvalue weighted by Gasteiger charge is -2.25. The number of phenolic OH excluding ortho intramolecular Hbond substituents is 1. The van der Waals surface area contributed by atoms with Gasteiger partial charge in [0, 0.05) is 30.9 Å². The van der Waals surface area contributed by atoms with Crippen LogP contribution in [0.25, 0.3) is 0 Å². The van der Waals surface area contributed by atoms with Gasteiger partial charge in [0.15, 0.2) is 11.5 Å². The fourth-order valence-corrected chi connectivity index (χ4v) is 2.20. The van der Waals surface area contributed by atoms with Crippen LogP contribution in [0.4, 0.5) is 0 Å². The number of aryl methyl sites for hydroxylation is 1. The molecule has 1 atom stereocenters. The molecule has 0 aliphatic carbocycles. The summed E-state index contributed by atoms with van der Waals surface area (Å²) in [5.74, 6) is 0.681. The van der Waals surface area contributed by atoms with Crippen LogP contribution >= 0.6 is 0 Å². The van der Waals surface area contributed by atoms with Crippen LogP contribution < -0.4 is 14.8 Å². The van der Waals surface area contributed by atoms with Gasteiger partial charge in [0.25, 0.3) is 5.91 Å². The third-order valence-electron chi connectivity index (χ3n) is 3.67. The van der Waals surface area contributed by atoms with Crippen LogP contribution in [0.2, 0.25) is 0 Å². The summed E-state index contributed by atoms with van der Waals surface area (Å²) in [4.78, 5) is 12.2. The van der Waals surface area contributed by atoms with Gasteiger partial charge in [-0.25, -0.2) is 0 Å². The molecular formula is C15H17N3O4. The van der Waals surface area contributed by atoms with Crippen LogP contribution in [0.3, 0.4) is 0 Å². The lowest BCUT2D eigenvalue weighted by atomic mass is 10.2.